The van der Waals surface area contributed by atoms with Crippen molar-refractivity contribution in [2.75, 3.05) is 6.54 Å². The number of rotatable bonds is 4. The Morgan fingerprint density at radius 3 is 2.94 bits per heavy atom. The van der Waals surface area contributed by atoms with Crippen molar-refractivity contribution in [1.29, 1.82) is 0 Å². The fraction of sp³-hybridized carbons (Fsp3) is 0.182. The summed E-state index contributed by atoms with van der Waals surface area (Å²) in [5.74, 6) is -0.0932. The fourth-order valence-corrected chi connectivity index (χ4v) is 2.76. The quantitative estimate of drug-likeness (QED) is 0.943. The van der Waals surface area contributed by atoms with Gasteiger partial charge in [0.1, 0.15) is 6.26 Å². The second-order valence-corrected chi connectivity index (χ2v) is 5.77. The van der Waals surface area contributed by atoms with Crippen LogP contribution in [0, 0.1) is 0 Å². The number of hydrogen-bond donors (Lipinski definition) is 1. The summed E-state index contributed by atoms with van der Waals surface area (Å²) in [6, 6.07) is 5.72. The van der Waals surface area contributed by atoms with Gasteiger partial charge >= 0.3 is 0 Å². The molecule has 0 spiro atoms. The van der Waals surface area contributed by atoms with Gasteiger partial charge in [0.05, 0.1) is 15.6 Å². The Balaban J connectivity index is 1.78. The number of nitrogens with one attached hydrogen (secondary N) is 1. The van der Waals surface area contributed by atoms with Crippen LogP contribution in [0.3, 0.4) is 0 Å². The zero-order valence-corrected chi connectivity index (χ0v) is 10.8. The van der Waals surface area contributed by atoms with E-state index in [1.807, 2.05) is 6.07 Å². The molecule has 0 aliphatic carbocycles. The van der Waals surface area contributed by atoms with Gasteiger partial charge in [-0.25, -0.2) is 0 Å². The van der Waals surface area contributed by atoms with Crippen LogP contribution in [0.25, 0.3) is 0 Å². The van der Waals surface area contributed by atoms with Crippen molar-refractivity contribution in [3.63, 3.8) is 0 Å². The highest BCUT2D eigenvalue weighted by Gasteiger charge is 2.05. The molecule has 1 amide bonds. The van der Waals surface area contributed by atoms with Crippen LogP contribution in [0.4, 0.5) is 0 Å². The lowest BCUT2D eigenvalue weighted by molar-refractivity contribution is 0.0953. The van der Waals surface area contributed by atoms with Crippen LogP contribution in [0.5, 0.6) is 0 Å². The molecule has 0 bridgehead atoms. The van der Waals surface area contributed by atoms with E-state index in [1.54, 1.807) is 17.4 Å². The van der Waals surface area contributed by atoms with Gasteiger partial charge in [-0.05, 0) is 40.5 Å². The number of carbonyl (C=O) groups is 1. The molecule has 0 fully saturated rings. The first-order chi connectivity index (χ1) is 7.75. The first-order valence-corrected chi connectivity index (χ1v) is 6.41. The normalized spacial score (nSPS) is 10.3. The molecule has 2 heterocycles. The minimum Gasteiger partial charge on any atom is -0.472 e. The molecule has 0 aromatic carbocycles. The van der Waals surface area contributed by atoms with Crippen LogP contribution < -0.4 is 5.32 Å². The predicted octanol–water partition coefficient (Wildman–Crippen LogP) is 3.08. The molecular formula is C11H10BrNO2S. The Bertz CT molecular complexity index is 464. The third-order valence-electron chi connectivity index (χ3n) is 2.07. The number of carbonyl (C=O) groups excluding carboxylic acids is 1. The molecule has 2 aromatic rings. The molecular weight excluding hydrogens is 290 g/mol. The van der Waals surface area contributed by atoms with Gasteiger partial charge in [0.2, 0.25) is 0 Å². The average molecular weight is 300 g/mol. The molecule has 0 atom stereocenters. The summed E-state index contributed by atoms with van der Waals surface area (Å²) >= 11 is 5.09. The van der Waals surface area contributed by atoms with Gasteiger partial charge < -0.3 is 9.73 Å². The lowest BCUT2D eigenvalue weighted by Gasteiger charge is -2.01. The second kappa shape index (κ2) is 5.32. The molecule has 2 rings (SSSR count). The van der Waals surface area contributed by atoms with Crippen LogP contribution in [-0.4, -0.2) is 12.5 Å². The van der Waals surface area contributed by atoms with E-state index in [1.165, 1.54) is 17.4 Å². The number of halogens is 1. The average Bonchev–Trinajstić information content (AvgIpc) is 2.89. The zero-order chi connectivity index (χ0) is 11.4. The van der Waals surface area contributed by atoms with E-state index < -0.39 is 0 Å². The van der Waals surface area contributed by atoms with Crippen LogP contribution >= 0.6 is 27.3 Å². The molecule has 84 valence electrons. The molecule has 1 N–H and O–H groups in total. The molecule has 0 saturated carbocycles. The standard InChI is InChI=1S/C11H10BrNO2S/c12-10-2-1-9(16-10)3-5-13-11(14)8-4-6-15-7-8/h1-2,4,6-7H,3,5H2,(H,13,14). The third kappa shape index (κ3) is 2.96. The van der Waals surface area contributed by atoms with Crippen molar-refractivity contribution in [2.24, 2.45) is 0 Å². The van der Waals surface area contributed by atoms with Crippen LogP contribution in [0.1, 0.15) is 15.2 Å². The SMILES string of the molecule is O=C(NCCc1ccc(Br)s1)c1ccoc1. The molecule has 0 aliphatic rings. The van der Waals surface area contributed by atoms with Gasteiger partial charge in [0.15, 0.2) is 0 Å². The Hall–Kier alpha value is -1.07. The monoisotopic (exact) mass is 299 g/mol. The van der Waals surface area contributed by atoms with Crippen molar-refractivity contribution in [1.82, 2.24) is 5.32 Å². The lowest BCUT2D eigenvalue weighted by atomic mass is 10.3. The van der Waals surface area contributed by atoms with Crippen molar-refractivity contribution in [3.05, 3.63) is 45.0 Å². The van der Waals surface area contributed by atoms with E-state index in [-0.39, 0.29) is 5.91 Å². The smallest absolute Gasteiger partial charge is 0.254 e. The largest absolute Gasteiger partial charge is 0.472 e. The molecule has 0 unspecified atom stereocenters. The molecule has 3 nitrogen and oxygen atoms in total. The highest BCUT2D eigenvalue weighted by Crippen LogP contribution is 2.22. The Labute approximate surface area is 106 Å². The maximum Gasteiger partial charge on any atom is 0.254 e. The maximum atomic E-state index is 11.5. The van der Waals surface area contributed by atoms with Crippen molar-refractivity contribution >= 4 is 33.2 Å². The molecule has 0 radical (unpaired) electrons. The van der Waals surface area contributed by atoms with Crippen molar-refractivity contribution < 1.29 is 9.21 Å². The number of hydrogen-bond acceptors (Lipinski definition) is 3. The number of furan rings is 1. The Morgan fingerprint density at radius 1 is 1.44 bits per heavy atom. The van der Waals surface area contributed by atoms with Gasteiger partial charge in [0, 0.05) is 11.4 Å². The van der Waals surface area contributed by atoms with Gasteiger partial charge in [-0.15, -0.1) is 11.3 Å². The summed E-state index contributed by atoms with van der Waals surface area (Å²) in [7, 11) is 0. The summed E-state index contributed by atoms with van der Waals surface area (Å²) in [5.41, 5.74) is 0.562. The van der Waals surface area contributed by atoms with Gasteiger partial charge in [0.25, 0.3) is 5.91 Å². The Kier molecular flexibility index (Phi) is 3.79. The van der Waals surface area contributed by atoms with E-state index >= 15 is 0 Å². The molecule has 16 heavy (non-hydrogen) atoms. The second-order valence-electron chi connectivity index (χ2n) is 3.22. The van der Waals surface area contributed by atoms with Crippen LogP contribution in [0.2, 0.25) is 0 Å². The minimum absolute atomic E-state index is 0.0932. The lowest BCUT2D eigenvalue weighted by Crippen LogP contribution is -2.24. The molecule has 0 saturated heterocycles. The summed E-state index contributed by atoms with van der Waals surface area (Å²) in [4.78, 5) is 12.8. The highest BCUT2D eigenvalue weighted by atomic mass is 79.9. The van der Waals surface area contributed by atoms with E-state index in [9.17, 15) is 4.79 Å². The first-order valence-electron chi connectivity index (χ1n) is 4.80. The Morgan fingerprint density at radius 2 is 2.31 bits per heavy atom. The minimum atomic E-state index is -0.0932. The molecule has 5 heteroatoms. The van der Waals surface area contributed by atoms with Gasteiger partial charge in [-0.1, -0.05) is 0 Å². The van der Waals surface area contributed by atoms with Gasteiger partial charge in [-0.3, -0.25) is 4.79 Å². The molecule has 0 aliphatic heterocycles. The fourth-order valence-electron chi connectivity index (χ4n) is 1.28. The van der Waals surface area contributed by atoms with Crippen molar-refractivity contribution in [3.8, 4) is 0 Å². The number of amides is 1. The van der Waals surface area contributed by atoms with Crippen LogP contribution in [0.15, 0.2) is 38.9 Å². The summed E-state index contributed by atoms with van der Waals surface area (Å²) in [6.45, 7) is 0.636. The topological polar surface area (TPSA) is 42.2 Å². The summed E-state index contributed by atoms with van der Waals surface area (Å²) in [6.07, 6.45) is 3.78. The summed E-state index contributed by atoms with van der Waals surface area (Å²) in [5, 5.41) is 2.84. The first kappa shape index (κ1) is 11.4. The number of thiophene rings is 1. The summed E-state index contributed by atoms with van der Waals surface area (Å²) < 4.78 is 5.95. The zero-order valence-electron chi connectivity index (χ0n) is 8.40. The van der Waals surface area contributed by atoms with E-state index in [2.05, 4.69) is 27.3 Å². The van der Waals surface area contributed by atoms with Crippen molar-refractivity contribution in [2.45, 2.75) is 6.42 Å². The molecule has 2 aromatic heterocycles. The highest BCUT2D eigenvalue weighted by molar-refractivity contribution is 9.11. The van der Waals surface area contributed by atoms with E-state index in [0.717, 1.165) is 10.2 Å². The van der Waals surface area contributed by atoms with Gasteiger partial charge in [-0.2, -0.15) is 0 Å². The third-order valence-corrected chi connectivity index (χ3v) is 3.75. The maximum absolute atomic E-state index is 11.5. The predicted molar refractivity (Wildman–Crippen MR) is 66.8 cm³/mol. The van der Waals surface area contributed by atoms with E-state index in [4.69, 9.17) is 4.42 Å². The van der Waals surface area contributed by atoms with E-state index in [0.29, 0.717) is 12.1 Å². The van der Waals surface area contributed by atoms with Crippen LogP contribution in [-0.2, 0) is 6.42 Å².